The first-order valence-electron chi connectivity index (χ1n) is 4.00. The zero-order chi connectivity index (χ0) is 8.01. The fourth-order valence-electron chi connectivity index (χ4n) is 2.02. The zero-order valence-corrected chi connectivity index (χ0v) is 6.14. The fourth-order valence-corrected chi connectivity index (χ4v) is 2.02. The molecule has 0 aromatic carbocycles. The molecule has 0 spiro atoms. The monoisotopic (exact) mass is 159 g/mol. The van der Waals surface area contributed by atoms with Crippen LogP contribution in [0.4, 0.5) is 0 Å². The van der Waals surface area contributed by atoms with Gasteiger partial charge in [0.1, 0.15) is 6.10 Å². The minimum Gasteiger partial charge on any atom is -0.389 e. The second-order valence-corrected chi connectivity index (χ2v) is 3.43. The molecule has 5 atom stereocenters. The number of aliphatic hydroxyl groups is 3. The van der Waals surface area contributed by atoms with E-state index in [1.165, 1.54) is 0 Å². The highest BCUT2D eigenvalue weighted by Gasteiger charge is 2.45. The molecule has 0 aromatic rings. The predicted molar refractivity (Wildman–Crippen MR) is 38.0 cm³/mol. The Morgan fingerprint density at radius 2 is 1.27 bits per heavy atom. The van der Waals surface area contributed by atoms with E-state index in [1.54, 1.807) is 0 Å². The van der Waals surface area contributed by atoms with Crippen LogP contribution in [0.15, 0.2) is 0 Å². The zero-order valence-electron chi connectivity index (χ0n) is 6.14. The second kappa shape index (κ2) is 2.42. The van der Waals surface area contributed by atoms with Crippen molar-refractivity contribution in [2.75, 3.05) is 0 Å². The standard InChI is InChI=1S/C7H13NO3/c9-5-3-1-2-4(8-3)6(10)7(5)11/h3-11H,1-2H2/t3-,4+,5-,6+,7?. The highest BCUT2D eigenvalue weighted by atomic mass is 16.4. The van der Waals surface area contributed by atoms with Gasteiger partial charge in [0, 0.05) is 12.1 Å². The minimum absolute atomic E-state index is 0.0154. The Balaban J connectivity index is 2.16. The lowest BCUT2D eigenvalue weighted by Crippen LogP contribution is -2.60. The Bertz CT molecular complexity index is 144. The molecule has 4 nitrogen and oxygen atoms in total. The summed E-state index contributed by atoms with van der Waals surface area (Å²) in [6.45, 7) is 0. The summed E-state index contributed by atoms with van der Waals surface area (Å²) in [6, 6.07) is -0.0307. The third-order valence-corrected chi connectivity index (χ3v) is 2.74. The van der Waals surface area contributed by atoms with Crippen LogP contribution in [-0.2, 0) is 0 Å². The Hall–Kier alpha value is -0.160. The molecule has 0 aromatic heterocycles. The first-order chi connectivity index (χ1) is 5.20. The van der Waals surface area contributed by atoms with Crippen molar-refractivity contribution in [1.82, 2.24) is 5.32 Å². The molecular weight excluding hydrogens is 146 g/mol. The molecule has 0 amide bonds. The van der Waals surface area contributed by atoms with Crippen molar-refractivity contribution >= 4 is 0 Å². The molecule has 2 rings (SSSR count). The number of rotatable bonds is 0. The minimum atomic E-state index is -0.964. The van der Waals surface area contributed by atoms with Crippen LogP contribution in [0, 0.1) is 0 Å². The van der Waals surface area contributed by atoms with Crippen molar-refractivity contribution in [3.63, 3.8) is 0 Å². The summed E-state index contributed by atoms with van der Waals surface area (Å²) in [4.78, 5) is 0. The Labute approximate surface area is 64.8 Å². The van der Waals surface area contributed by atoms with Gasteiger partial charge in [0.15, 0.2) is 0 Å². The van der Waals surface area contributed by atoms with Gasteiger partial charge in [0.25, 0.3) is 0 Å². The average molecular weight is 159 g/mol. The largest absolute Gasteiger partial charge is 0.389 e. The van der Waals surface area contributed by atoms with E-state index in [4.69, 9.17) is 0 Å². The molecule has 0 saturated carbocycles. The lowest BCUT2D eigenvalue weighted by molar-refractivity contribution is -0.0973. The third kappa shape index (κ3) is 0.980. The normalized spacial score (nSPS) is 56.5. The van der Waals surface area contributed by atoms with Gasteiger partial charge in [-0.3, -0.25) is 0 Å². The quantitative estimate of drug-likeness (QED) is 0.336. The van der Waals surface area contributed by atoms with Crippen molar-refractivity contribution < 1.29 is 15.3 Å². The van der Waals surface area contributed by atoms with E-state index in [0.29, 0.717) is 0 Å². The first-order valence-corrected chi connectivity index (χ1v) is 4.00. The van der Waals surface area contributed by atoms with Crippen LogP contribution in [0.25, 0.3) is 0 Å². The number of fused-ring (bicyclic) bond motifs is 2. The Kier molecular flexibility index (Phi) is 1.64. The lowest BCUT2D eigenvalue weighted by Gasteiger charge is -2.35. The number of aliphatic hydroxyl groups excluding tert-OH is 3. The van der Waals surface area contributed by atoms with E-state index >= 15 is 0 Å². The topological polar surface area (TPSA) is 72.7 Å². The van der Waals surface area contributed by atoms with Crippen molar-refractivity contribution in [3.05, 3.63) is 0 Å². The molecule has 64 valence electrons. The Morgan fingerprint density at radius 1 is 0.818 bits per heavy atom. The van der Waals surface area contributed by atoms with Gasteiger partial charge in [-0.05, 0) is 12.8 Å². The van der Waals surface area contributed by atoms with Crippen LogP contribution >= 0.6 is 0 Å². The highest BCUT2D eigenvalue weighted by Crippen LogP contribution is 2.27. The average Bonchev–Trinajstić information content (AvgIpc) is 2.44. The summed E-state index contributed by atoms with van der Waals surface area (Å²) in [5.41, 5.74) is 0. The van der Waals surface area contributed by atoms with E-state index in [-0.39, 0.29) is 12.1 Å². The molecule has 2 heterocycles. The maximum absolute atomic E-state index is 9.36. The van der Waals surface area contributed by atoms with Gasteiger partial charge < -0.3 is 20.6 Å². The highest BCUT2D eigenvalue weighted by molar-refractivity contribution is 5.03. The summed E-state index contributed by atoms with van der Waals surface area (Å²) in [5.74, 6) is 0. The summed E-state index contributed by atoms with van der Waals surface area (Å²) in [6.07, 6.45) is -0.874. The second-order valence-electron chi connectivity index (χ2n) is 3.43. The van der Waals surface area contributed by atoms with Gasteiger partial charge in [-0.2, -0.15) is 0 Å². The third-order valence-electron chi connectivity index (χ3n) is 2.74. The first kappa shape index (κ1) is 7.49. The molecule has 2 aliphatic rings. The summed E-state index contributed by atoms with van der Waals surface area (Å²) in [7, 11) is 0. The van der Waals surface area contributed by atoms with E-state index in [2.05, 4.69) is 5.32 Å². The number of piperidine rings is 1. The molecule has 2 aliphatic heterocycles. The van der Waals surface area contributed by atoms with E-state index in [1.807, 2.05) is 0 Å². The molecule has 1 unspecified atom stereocenters. The summed E-state index contributed by atoms with van der Waals surface area (Å²) in [5, 5.41) is 31.1. The van der Waals surface area contributed by atoms with Crippen molar-refractivity contribution in [3.8, 4) is 0 Å². The van der Waals surface area contributed by atoms with Gasteiger partial charge in [0.2, 0.25) is 0 Å². The molecule has 11 heavy (non-hydrogen) atoms. The van der Waals surface area contributed by atoms with E-state index in [0.717, 1.165) is 12.8 Å². The maximum atomic E-state index is 9.36. The van der Waals surface area contributed by atoms with Gasteiger partial charge in [0.05, 0.1) is 12.2 Å². The molecule has 2 bridgehead atoms. The van der Waals surface area contributed by atoms with Crippen LogP contribution in [0.5, 0.6) is 0 Å². The number of nitrogens with one attached hydrogen (secondary N) is 1. The summed E-state index contributed by atoms with van der Waals surface area (Å²) < 4.78 is 0. The molecule has 4 N–H and O–H groups in total. The van der Waals surface area contributed by atoms with Crippen LogP contribution in [0.3, 0.4) is 0 Å². The van der Waals surface area contributed by atoms with Crippen LogP contribution in [0.2, 0.25) is 0 Å². The van der Waals surface area contributed by atoms with Crippen molar-refractivity contribution in [2.24, 2.45) is 0 Å². The van der Waals surface area contributed by atoms with Gasteiger partial charge in [-0.25, -0.2) is 0 Å². The number of hydrogen-bond acceptors (Lipinski definition) is 4. The summed E-state index contributed by atoms with van der Waals surface area (Å²) >= 11 is 0. The van der Waals surface area contributed by atoms with Crippen LogP contribution in [-0.4, -0.2) is 45.7 Å². The number of hydrogen-bond donors (Lipinski definition) is 4. The van der Waals surface area contributed by atoms with Crippen molar-refractivity contribution in [1.29, 1.82) is 0 Å². The maximum Gasteiger partial charge on any atom is 0.109 e. The molecular formula is C7H13NO3. The molecule has 2 saturated heterocycles. The van der Waals surface area contributed by atoms with Crippen molar-refractivity contribution in [2.45, 2.75) is 43.2 Å². The smallest absolute Gasteiger partial charge is 0.109 e. The van der Waals surface area contributed by atoms with Gasteiger partial charge >= 0.3 is 0 Å². The Morgan fingerprint density at radius 3 is 1.73 bits per heavy atom. The SMILES string of the molecule is OC1[C@@H](O)[C@@H]2CC[C@@H](N2)[C@H]1O. The van der Waals surface area contributed by atoms with E-state index in [9.17, 15) is 15.3 Å². The van der Waals surface area contributed by atoms with E-state index < -0.39 is 18.3 Å². The fraction of sp³-hybridized carbons (Fsp3) is 1.00. The molecule has 4 heteroatoms. The molecule has 0 radical (unpaired) electrons. The molecule has 2 fully saturated rings. The lowest BCUT2D eigenvalue weighted by atomic mass is 9.97. The molecule has 0 aliphatic carbocycles. The van der Waals surface area contributed by atoms with Gasteiger partial charge in [-0.1, -0.05) is 0 Å². The van der Waals surface area contributed by atoms with Crippen LogP contribution < -0.4 is 5.32 Å². The van der Waals surface area contributed by atoms with Crippen LogP contribution in [0.1, 0.15) is 12.8 Å². The van der Waals surface area contributed by atoms with Gasteiger partial charge in [-0.15, -0.1) is 0 Å². The predicted octanol–water partition coefficient (Wildman–Crippen LogP) is -1.80.